The van der Waals surface area contributed by atoms with E-state index in [4.69, 9.17) is 10.5 Å². The van der Waals surface area contributed by atoms with Crippen LogP contribution < -0.4 is 10.5 Å². The Labute approximate surface area is 185 Å². The average molecular weight is 451 g/mol. The minimum atomic E-state index is -4.34. The van der Waals surface area contributed by atoms with Crippen molar-refractivity contribution in [3.05, 3.63) is 46.8 Å². The van der Waals surface area contributed by atoms with Gasteiger partial charge in [0.05, 0.1) is 22.6 Å². The highest BCUT2D eigenvalue weighted by molar-refractivity contribution is 5.77. The first-order chi connectivity index (χ1) is 15.0. The highest BCUT2D eigenvalue weighted by Gasteiger charge is 2.31. The van der Waals surface area contributed by atoms with E-state index in [2.05, 4.69) is 14.9 Å². The Kier molecular flexibility index (Phi) is 7.22. The standard InChI is InChI=1S/C22H28F3N5O2/c1-14-20(26)15(2)28-21(27-14)32-13-19(31)29(3)18-7-9-30(10-8-18)12-16-5-4-6-17(11-16)22(23,24)25/h4-6,11,18H,7-10,12-13,26H2,1-3H3. The number of nitrogens with zero attached hydrogens (tertiary/aromatic N) is 4. The largest absolute Gasteiger partial charge is 0.453 e. The van der Waals surface area contributed by atoms with Crippen LogP contribution in [0.5, 0.6) is 6.01 Å². The summed E-state index contributed by atoms with van der Waals surface area (Å²) in [7, 11) is 1.74. The van der Waals surface area contributed by atoms with Crippen molar-refractivity contribution in [1.82, 2.24) is 19.8 Å². The van der Waals surface area contributed by atoms with Gasteiger partial charge in [-0.15, -0.1) is 0 Å². The Balaban J connectivity index is 1.49. The van der Waals surface area contributed by atoms with E-state index >= 15 is 0 Å². The van der Waals surface area contributed by atoms with Crippen LogP contribution in [0, 0.1) is 13.8 Å². The molecule has 1 fully saturated rings. The summed E-state index contributed by atoms with van der Waals surface area (Å²) >= 11 is 0. The molecule has 0 spiro atoms. The third kappa shape index (κ3) is 5.87. The molecule has 1 aromatic carbocycles. The van der Waals surface area contributed by atoms with E-state index in [1.165, 1.54) is 12.1 Å². The van der Waals surface area contributed by atoms with Crippen molar-refractivity contribution in [2.45, 2.75) is 45.5 Å². The fourth-order valence-electron chi connectivity index (χ4n) is 3.76. The van der Waals surface area contributed by atoms with Gasteiger partial charge in [-0.3, -0.25) is 9.69 Å². The van der Waals surface area contributed by atoms with E-state index in [0.29, 0.717) is 42.3 Å². The van der Waals surface area contributed by atoms with Gasteiger partial charge in [0.2, 0.25) is 0 Å². The summed E-state index contributed by atoms with van der Waals surface area (Å²) in [6.45, 7) is 5.15. The quantitative estimate of drug-likeness (QED) is 0.726. The van der Waals surface area contributed by atoms with Gasteiger partial charge in [-0.2, -0.15) is 23.1 Å². The molecule has 0 saturated carbocycles. The van der Waals surface area contributed by atoms with Crippen molar-refractivity contribution < 1.29 is 22.7 Å². The number of nitrogen functional groups attached to an aromatic ring is 1. The molecule has 32 heavy (non-hydrogen) atoms. The SMILES string of the molecule is Cc1nc(OCC(=O)N(C)C2CCN(Cc3cccc(C(F)(F)F)c3)CC2)nc(C)c1N. The predicted molar refractivity (Wildman–Crippen MR) is 114 cm³/mol. The van der Waals surface area contributed by atoms with E-state index in [9.17, 15) is 18.0 Å². The zero-order valence-electron chi connectivity index (χ0n) is 18.4. The molecule has 3 rings (SSSR count). The molecule has 0 atom stereocenters. The average Bonchev–Trinajstić information content (AvgIpc) is 2.75. The van der Waals surface area contributed by atoms with E-state index in [1.807, 2.05) is 0 Å². The second kappa shape index (κ2) is 9.72. The van der Waals surface area contributed by atoms with Crippen LogP contribution in [0.4, 0.5) is 18.9 Å². The van der Waals surface area contributed by atoms with Gasteiger partial charge in [-0.25, -0.2) is 0 Å². The third-order valence-electron chi connectivity index (χ3n) is 5.79. The lowest BCUT2D eigenvalue weighted by Crippen LogP contribution is -2.46. The molecule has 1 amide bonds. The number of likely N-dealkylation sites (tertiary alicyclic amines) is 1. The van der Waals surface area contributed by atoms with E-state index in [-0.39, 0.29) is 24.6 Å². The Bertz CT molecular complexity index is 936. The summed E-state index contributed by atoms with van der Waals surface area (Å²) in [5.74, 6) is -0.183. The number of aromatic nitrogens is 2. The zero-order valence-corrected chi connectivity index (χ0v) is 18.4. The van der Waals surface area contributed by atoms with Gasteiger partial charge in [-0.1, -0.05) is 18.2 Å². The molecule has 10 heteroatoms. The maximum atomic E-state index is 12.9. The van der Waals surface area contributed by atoms with Gasteiger partial charge in [0, 0.05) is 32.7 Å². The second-order valence-corrected chi connectivity index (χ2v) is 8.09. The molecule has 174 valence electrons. The molecule has 1 aliphatic rings. The maximum Gasteiger partial charge on any atom is 0.416 e. The Morgan fingerprint density at radius 3 is 2.44 bits per heavy atom. The normalized spacial score (nSPS) is 15.6. The Morgan fingerprint density at radius 1 is 1.22 bits per heavy atom. The summed E-state index contributed by atoms with van der Waals surface area (Å²) in [5.41, 5.74) is 7.52. The number of carbonyl (C=O) groups is 1. The number of likely N-dealkylation sites (N-methyl/N-ethyl adjacent to an activating group) is 1. The molecule has 7 nitrogen and oxygen atoms in total. The van der Waals surface area contributed by atoms with Crippen molar-refractivity contribution >= 4 is 11.6 Å². The molecule has 1 aromatic heterocycles. The number of nitrogens with two attached hydrogens (primary N) is 1. The number of rotatable bonds is 6. The molecule has 2 heterocycles. The lowest BCUT2D eigenvalue weighted by Gasteiger charge is -2.36. The summed E-state index contributed by atoms with van der Waals surface area (Å²) < 4.78 is 44.2. The number of halogens is 3. The van der Waals surface area contributed by atoms with Crippen molar-refractivity contribution in [3.63, 3.8) is 0 Å². The van der Waals surface area contributed by atoms with Crippen LogP contribution in [-0.4, -0.2) is 58.5 Å². The number of amides is 1. The molecule has 2 aromatic rings. The van der Waals surface area contributed by atoms with Gasteiger partial charge in [0.15, 0.2) is 6.61 Å². The molecule has 0 radical (unpaired) electrons. The number of benzene rings is 1. The van der Waals surface area contributed by atoms with Gasteiger partial charge in [0.1, 0.15) is 0 Å². The smallest absolute Gasteiger partial charge is 0.416 e. The highest BCUT2D eigenvalue weighted by atomic mass is 19.4. The number of aryl methyl sites for hydroxylation is 2. The molecule has 1 saturated heterocycles. The van der Waals surface area contributed by atoms with Crippen molar-refractivity contribution in [3.8, 4) is 6.01 Å². The van der Waals surface area contributed by atoms with Crippen LogP contribution in [0.15, 0.2) is 24.3 Å². The maximum absolute atomic E-state index is 12.9. The summed E-state index contributed by atoms with van der Waals surface area (Å²) in [5, 5.41) is 0. The van der Waals surface area contributed by atoms with Crippen LogP contribution >= 0.6 is 0 Å². The summed E-state index contributed by atoms with van der Waals surface area (Å²) in [6.07, 6.45) is -2.88. The van der Waals surface area contributed by atoms with Crippen LogP contribution in [0.3, 0.4) is 0 Å². The van der Waals surface area contributed by atoms with Crippen molar-refractivity contribution in [2.24, 2.45) is 0 Å². The van der Waals surface area contributed by atoms with Crippen molar-refractivity contribution in [1.29, 1.82) is 0 Å². The Morgan fingerprint density at radius 2 is 1.84 bits per heavy atom. The van der Waals surface area contributed by atoms with E-state index in [0.717, 1.165) is 18.9 Å². The van der Waals surface area contributed by atoms with E-state index in [1.54, 1.807) is 31.9 Å². The molecular formula is C22H28F3N5O2. The first-order valence-corrected chi connectivity index (χ1v) is 10.4. The molecule has 0 bridgehead atoms. The topological polar surface area (TPSA) is 84.6 Å². The lowest BCUT2D eigenvalue weighted by atomic mass is 10.0. The molecule has 0 unspecified atom stereocenters. The van der Waals surface area contributed by atoms with Gasteiger partial charge < -0.3 is 15.4 Å². The first-order valence-electron chi connectivity index (χ1n) is 10.4. The number of carbonyl (C=O) groups excluding carboxylic acids is 1. The fourth-order valence-corrected chi connectivity index (χ4v) is 3.76. The molecule has 0 aliphatic carbocycles. The highest BCUT2D eigenvalue weighted by Crippen LogP contribution is 2.30. The fraction of sp³-hybridized carbons (Fsp3) is 0.500. The lowest BCUT2D eigenvalue weighted by molar-refractivity contribution is -0.137. The number of anilines is 1. The monoisotopic (exact) mass is 451 g/mol. The number of hydrogen-bond donors (Lipinski definition) is 1. The summed E-state index contributed by atoms with van der Waals surface area (Å²) in [6, 6.07) is 5.58. The number of hydrogen-bond acceptors (Lipinski definition) is 6. The van der Waals surface area contributed by atoms with Gasteiger partial charge in [0.25, 0.3) is 5.91 Å². The minimum absolute atomic E-state index is 0.0414. The third-order valence-corrected chi connectivity index (χ3v) is 5.79. The molecule has 2 N–H and O–H groups in total. The van der Waals surface area contributed by atoms with Gasteiger partial charge >= 0.3 is 12.2 Å². The van der Waals surface area contributed by atoms with Gasteiger partial charge in [-0.05, 0) is 38.3 Å². The van der Waals surface area contributed by atoms with Crippen LogP contribution in [0.25, 0.3) is 0 Å². The first kappa shape index (κ1) is 23.8. The van der Waals surface area contributed by atoms with Crippen LogP contribution in [0.1, 0.15) is 35.4 Å². The number of piperidine rings is 1. The second-order valence-electron chi connectivity index (χ2n) is 8.09. The van der Waals surface area contributed by atoms with Crippen molar-refractivity contribution in [2.75, 3.05) is 32.5 Å². The number of alkyl halides is 3. The predicted octanol–water partition coefficient (Wildman–Crippen LogP) is 3.20. The summed E-state index contributed by atoms with van der Waals surface area (Å²) in [4.78, 5) is 24.6. The van der Waals surface area contributed by atoms with Crippen LogP contribution in [-0.2, 0) is 17.5 Å². The van der Waals surface area contributed by atoms with E-state index < -0.39 is 11.7 Å². The zero-order chi connectivity index (χ0) is 23.5. The minimum Gasteiger partial charge on any atom is -0.453 e. The molecule has 1 aliphatic heterocycles. The Hall–Kier alpha value is -2.88. The van der Waals surface area contributed by atoms with Crippen LogP contribution in [0.2, 0.25) is 0 Å². The number of ether oxygens (including phenoxy) is 1. The molecular weight excluding hydrogens is 423 g/mol.